The molecule has 3 amide bonds. The van der Waals surface area contributed by atoms with Crippen LogP contribution in [-0.4, -0.2) is 74.9 Å². The van der Waals surface area contributed by atoms with E-state index in [0.29, 0.717) is 11.4 Å². The maximum Gasteiger partial charge on any atom is 0.326 e. The first-order chi connectivity index (χ1) is 18.1. The molecule has 208 valence electrons. The highest BCUT2D eigenvalue weighted by Gasteiger charge is 2.31. The largest absolute Gasteiger partial charge is 0.480 e. The van der Waals surface area contributed by atoms with E-state index in [-0.39, 0.29) is 31.6 Å². The summed E-state index contributed by atoms with van der Waals surface area (Å²) in [6.07, 6.45) is 5.84. The van der Waals surface area contributed by atoms with Gasteiger partial charge in [-0.05, 0) is 36.3 Å². The lowest BCUT2D eigenvalue weighted by atomic mass is 10.0. The van der Waals surface area contributed by atoms with Crippen LogP contribution in [0.3, 0.4) is 0 Å². The SMILES string of the molecule is CSCCC(NC(=O)C(CC(C)C)NC(=O)C(Cc1ccccc1)NC(=O)C(N)Cc1cnc[nH]1)C(=O)O. The number of rotatable bonds is 16. The van der Waals surface area contributed by atoms with Gasteiger partial charge in [0.15, 0.2) is 0 Å². The molecule has 0 aliphatic carbocycles. The van der Waals surface area contributed by atoms with Crippen molar-refractivity contribution < 1.29 is 24.3 Å². The fourth-order valence-corrected chi connectivity index (χ4v) is 4.28. The predicted molar refractivity (Wildman–Crippen MR) is 146 cm³/mol. The minimum absolute atomic E-state index is 0.0329. The Balaban J connectivity index is 2.18. The predicted octanol–water partition coefficient (Wildman–Crippen LogP) is 0.860. The van der Waals surface area contributed by atoms with Crippen molar-refractivity contribution in [2.75, 3.05) is 12.0 Å². The first-order valence-electron chi connectivity index (χ1n) is 12.5. The monoisotopic (exact) mass is 546 g/mol. The van der Waals surface area contributed by atoms with Crippen LogP contribution in [0.2, 0.25) is 0 Å². The van der Waals surface area contributed by atoms with Gasteiger partial charge in [0.1, 0.15) is 18.1 Å². The Bertz CT molecular complexity index is 1030. The van der Waals surface area contributed by atoms with Crippen molar-refractivity contribution in [3.63, 3.8) is 0 Å². The van der Waals surface area contributed by atoms with E-state index in [1.165, 1.54) is 18.1 Å². The molecule has 38 heavy (non-hydrogen) atoms. The molecule has 7 N–H and O–H groups in total. The molecule has 1 aromatic carbocycles. The normalized spacial score (nSPS) is 14.2. The van der Waals surface area contributed by atoms with Crippen molar-refractivity contribution in [3.8, 4) is 0 Å². The molecule has 0 fully saturated rings. The topological polar surface area (TPSA) is 179 Å². The average molecular weight is 547 g/mol. The smallest absolute Gasteiger partial charge is 0.326 e. The molecule has 1 aromatic heterocycles. The summed E-state index contributed by atoms with van der Waals surface area (Å²) < 4.78 is 0. The molecule has 4 atom stereocenters. The Hall–Kier alpha value is -3.38. The summed E-state index contributed by atoms with van der Waals surface area (Å²) in [4.78, 5) is 57.8. The number of aromatic amines is 1. The molecule has 0 saturated carbocycles. The highest BCUT2D eigenvalue weighted by molar-refractivity contribution is 7.98. The van der Waals surface area contributed by atoms with Crippen molar-refractivity contribution in [1.29, 1.82) is 0 Å². The van der Waals surface area contributed by atoms with Gasteiger partial charge in [0.05, 0.1) is 12.4 Å². The minimum atomic E-state index is -1.14. The van der Waals surface area contributed by atoms with Crippen molar-refractivity contribution in [2.24, 2.45) is 11.7 Å². The number of hydrogen-bond acceptors (Lipinski definition) is 7. The maximum absolute atomic E-state index is 13.4. The first kappa shape index (κ1) is 30.8. The molecule has 2 aromatic rings. The average Bonchev–Trinajstić information content (AvgIpc) is 3.38. The second-order valence-corrected chi connectivity index (χ2v) is 10.5. The van der Waals surface area contributed by atoms with E-state index in [1.807, 2.05) is 50.4 Å². The van der Waals surface area contributed by atoms with Crippen molar-refractivity contribution in [3.05, 3.63) is 54.1 Å². The molecule has 11 nitrogen and oxygen atoms in total. The summed E-state index contributed by atoms with van der Waals surface area (Å²) in [5, 5.41) is 17.5. The van der Waals surface area contributed by atoms with Gasteiger partial charge in [0.25, 0.3) is 0 Å². The second-order valence-electron chi connectivity index (χ2n) is 9.51. The zero-order chi connectivity index (χ0) is 28.1. The Morgan fingerprint density at radius 3 is 2.18 bits per heavy atom. The Kier molecular flexibility index (Phi) is 12.8. The molecule has 0 aliphatic heterocycles. The number of nitrogens with one attached hydrogen (secondary N) is 4. The third kappa shape index (κ3) is 10.5. The number of H-pyrrole nitrogens is 1. The summed E-state index contributed by atoms with van der Waals surface area (Å²) in [7, 11) is 0. The molecule has 0 spiro atoms. The van der Waals surface area contributed by atoms with Gasteiger partial charge < -0.3 is 31.8 Å². The second kappa shape index (κ2) is 15.8. The summed E-state index contributed by atoms with van der Waals surface area (Å²) in [5.41, 5.74) is 7.56. The first-order valence-corrected chi connectivity index (χ1v) is 13.9. The number of imidazole rings is 1. The highest BCUT2D eigenvalue weighted by Crippen LogP contribution is 2.10. The molecular formula is C26H38N6O5S. The fraction of sp³-hybridized carbons (Fsp3) is 0.500. The Morgan fingerprint density at radius 2 is 1.61 bits per heavy atom. The molecule has 0 bridgehead atoms. The molecule has 12 heteroatoms. The van der Waals surface area contributed by atoms with Crippen LogP contribution in [0.15, 0.2) is 42.9 Å². The zero-order valence-electron chi connectivity index (χ0n) is 22.0. The van der Waals surface area contributed by atoms with Gasteiger partial charge in [-0.2, -0.15) is 11.8 Å². The number of thioether (sulfide) groups is 1. The van der Waals surface area contributed by atoms with Gasteiger partial charge >= 0.3 is 5.97 Å². The number of carboxylic acid groups (broad SMARTS) is 1. The lowest BCUT2D eigenvalue weighted by Crippen LogP contribution is -2.58. The Labute approximate surface area is 227 Å². The quantitative estimate of drug-likeness (QED) is 0.179. The number of aromatic nitrogens is 2. The van der Waals surface area contributed by atoms with Crippen molar-refractivity contribution in [1.82, 2.24) is 25.9 Å². The van der Waals surface area contributed by atoms with Crippen LogP contribution in [0.4, 0.5) is 0 Å². The molecule has 2 rings (SSSR count). The van der Waals surface area contributed by atoms with Crippen molar-refractivity contribution >= 4 is 35.5 Å². The van der Waals surface area contributed by atoms with E-state index >= 15 is 0 Å². The lowest BCUT2D eigenvalue weighted by Gasteiger charge is -2.26. The van der Waals surface area contributed by atoms with E-state index in [1.54, 1.807) is 6.20 Å². The zero-order valence-corrected chi connectivity index (χ0v) is 22.8. The van der Waals surface area contributed by atoms with Crippen molar-refractivity contribution in [2.45, 2.75) is 63.7 Å². The van der Waals surface area contributed by atoms with E-state index < -0.39 is 47.9 Å². The maximum atomic E-state index is 13.4. The fourth-order valence-electron chi connectivity index (χ4n) is 3.80. The number of aliphatic carboxylic acids is 1. The number of amides is 3. The number of benzene rings is 1. The summed E-state index contributed by atoms with van der Waals surface area (Å²) in [6.45, 7) is 3.79. The molecule has 0 radical (unpaired) electrons. The van der Waals surface area contributed by atoms with E-state index in [0.717, 1.165) is 5.56 Å². The minimum Gasteiger partial charge on any atom is -0.480 e. The van der Waals surface area contributed by atoms with Crippen LogP contribution >= 0.6 is 11.8 Å². The highest BCUT2D eigenvalue weighted by atomic mass is 32.2. The van der Waals surface area contributed by atoms with Crippen LogP contribution in [0, 0.1) is 5.92 Å². The number of nitrogens with two attached hydrogens (primary N) is 1. The molecule has 0 aliphatic rings. The van der Waals surface area contributed by atoms with Gasteiger partial charge in [-0.1, -0.05) is 44.2 Å². The van der Waals surface area contributed by atoms with E-state index in [9.17, 15) is 24.3 Å². The number of nitrogens with zero attached hydrogens (tertiary/aromatic N) is 1. The molecule has 1 heterocycles. The van der Waals surface area contributed by atoms with Gasteiger partial charge in [-0.15, -0.1) is 0 Å². The molecule has 4 unspecified atom stereocenters. The van der Waals surface area contributed by atoms with Crippen LogP contribution in [0.5, 0.6) is 0 Å². The van der Waals surface area contributed by atoms with E-state index in [2.05, 4.69) is 25.9 Å². The third-order valence-electron chi connectivity index (χ3n) is 5.81. The number of carbonyl (C=O) groups excluding carboxylic acids is 3. The van der Waals surface area contributed by atoms with Crippen LogP contribution in [0.25, 0.3) is 0 Å². The molecular weight excluding hydrogens is 508 g/mol. The molecule has 0 saturated heterocycles. The summed E-state index contributed by atoms with van der Waals surface area (Å²) in [5.74, 6) is -2.21. The Morgan fingerprint density at radius 1 is 0.974 bits per heavy atom. The lowest BCUT2D eigenvalue weighted by molar-refractivity contribution is -0.142. The van der Waals surface area contributed by atoms with Gasteiger partial charge in [-0.3, -0.25) is 14.4 Å². The van der Waals surface area contributed by atoms with Crippen LogP contribution < -0.4 is 21.7 Å². The standard InChI is InChI=1S/C26H38N6O5S/c1-16(2)11-21(24(34)30-20(26(36)37)9-10-38-3)32-25(35)22(12-17-7-5-4-6-8-17)31-23(33)19(27)13-18-14-28-15-29-18/h4-8,14-16,19-22H,9-13,27H2,1-3H3,(H,28,29)(H,30,34)(H,31,33)(H,32,35)(H,36,37). The number of carboxylic acids is 1. The van der Waals surface area contributed by atoms with E-state index in [4.69, 9.17) is 5.73 Å². The van der Waals surface area contributed by atoms with Gasteiger partial charge in [0.2, 0.25) is 17.7 Å². The van der Waals surface area contributed by atoms with Crippen LogP contribution in [0.1, 0.15) is 37.9 Å². The summed E-state index contributed by atoms with van der Waals surface area (Å²) in [6, 6.07) is 5.18. The summed E-state index contributed by atoms with van der Waals surface area (Å²) >= 11 is 1.48. The van der Waals surface area contributed by atoms with Gasteiger partial charge in [0, 0.05) is 24.7 Å². The van der Waals surface area contributed by atoms with Crippen LogP contribution in [-0.2, 0) is 32.0 Å². The number of hydrogen-bond donors (Lipinski definition) is 6. The third-order valence-corrected chi connectivity index (χ3v) is 6.46. The number of carbonyl (C=O) groups is 4. The van der Waals surface area contributed by atoms with Gasteiger partial charge in [-0.25, -0.2) is 9.78 Å².